The minimum atomic E-state index is -0.239. The molecule has 0 aliphatic carbocycles. The van der Waals surface area contributed by atoms with Gasteiger partial charge in [-0.2, -0.15) is 0 Å². The molecule has 2 aromatic heterocycles. The van der Waals surface area contributed by atoms with Crippen molar-refractivity contribution in [1.29, 1.82) is 0 Å². The van der Waals surface area contributed by atoms with Crippen molar-refractivity contribution in [2.45, 2.75) is 13.8 Å². The fraction of sp³-hybridized carbons (Fsp3) is 0.188. The molecule has 3 rings (SSSR count). The van der Waals surface area contributed by atoms with Crippen molar-refractivity contribution in [3.8, 4) is 11.3 Å². The molecule has 2 N–H and O–H groups in total. The fourth-order valence-electron chi connectivity index (χ4n) is 2.19. The molecular formula is C16H16N4OS. The number of nitrogens with zero attached hydrogens (tertiary/aromatic N) is 2. The van der Waals surface area contributed by atoms with Crippen molar-refractivity contribution in [3.05, 3.63) is 42.1 Å². The van der Waals surface area contributed by atoms with Crippen LogP contribution in [0.15, 0.2) is 36.5 Å². The fourth-order valence-corrected chi connectivity index (χ4v) is 3.17. The van der Waals surface area contributed by atoms with Gasteiger partial charge in [-0.3, -0.25) is 10.3 Å². The highest BCUT2D eigenvalue weighted by Crippen LogP contribution is 2.34. The molecule has 0 saturated heterocycles. The Balaban J connectivity index is 2.02. The maximum atomic E-state index is 11.6. The largest absolute Gasteiger partial charge is 0.338 e. The summed E-state index contributed by atoms with van der Waals surface area (Å²) in [5.41, 5.74) is 3.96. The number of hydrogen-bond donors (Lipinski definition) is 2. The Morgan fingerprint density at radius 2 is 2.18 bits per heavy atom. The van der Waals surface area contributed by atoms with Crippen LogP contribution in [0.2, 0.25) is 0 Å². The number of anilines is 1. The molecule has 0 spiro atoms. The molecule has 0 bridgehead atoms. The predicted octanol–water partition coefficient (Wildman–Crippen LogP) is 3.81. The summed E-state index contributed by atoms with van der Waals surface area (Å²) in [6, 6.07) is 9.70. The number of carbonyl (C=O) groups excluding carboxylic acids is 1. The van der Waals surface area contributed by atoms with E-state index in [0.717, 1.165) is 27.0 Å². The lowest BCUT2D eigenvalue weighted by Crippen LogP contribution is -2.28. The summed E-state index contributed by atoms with van der Waals surface area (Å²) in [6.45, 7) is 4.49. The second kappa shape index (κ2) is 6.11. The van der Waals surface area contributed by atoms with Crippen molar-refractivity contribution < 1.29 is 4.79 Å². The summed E-state index contributed by atoms with van der Waals surface area (Å²) < 4.78 is 1.02. The molecule has 0 fully saturated rings. The Labute approximate surface area is 132 Å². The number of benzene rings is 1. The van der Waals surface area contributed by atoms with Gasteiger partial charge < -0.3 is 5.32 Å². The average Bonchev–Trinajstić information content (AvgIpc) is 2.89. The highest BCUT2D eigenvalue weighted by molar-refractivity contribution is 7.22. The third-order valence-electron chi connectivity index (χ3n) is 3.16. The molecule has 0 aliphatic rings. The summed E-state index contributed by atoms with van der Waals surface area (Å²) >= 11 is 1.46. The van der Waals surface area contributed by atoms with Crippen LogP contribution in [0.5, 0.6) is 0 Å². The van der Waals surface area contributed by atoms with E-state index in [-0.39, 0.29) is 6.03 Å². The molecule has 1 aromatic carbocycles. The van der Waals surface area contributed by atoms with E-state index in [4.69, 9.17) is 0 Å². The number of pyridine rings is 1. The van der Waals surface area contributed by atoms with Crippen molar-refractivity contribution in [2.75, 3.05) is 11.9 Å². The Kier molecular flexibility index (Phi) is 4.02. The molecule has 0 aliphatic heterocycles. The van der Waals surface area contributed by atoms with Crippen LogP contribution in [-0.2, 0) is 0 Å². The van der Waals surface area contributed by atoms with Crippen molar-refractivity contribution in [3.63, 3.8) is 0 Å². The van der Waals surface area contributed by atoms with Crippen LogP contribution in [0.25, 0.3) is 21.5 Å². The van der Waals surface area contributed by atoms with Crippen LogP contribution >= 0.6 is 11.3 Å². The third kappa shape index (κ3) is 2.92. The van der Waals surface area contributed by atoms with E-state index in [0.29, 0.717) is 11.7 Å². The van der Waals surface area contributed by atoms with Gasteiger partial charge in [0.15, 0.2) is 5.13 Å². The first-order valence-corrected chi connectivity index (χ1v) is 7.86. The molecule has 5 nitrogen and oxygen atoms in total. The molecule has 6 heteroatoms. The summed E-state index contributed by atoms with van der Waals surface area (Å²) in [5, 5.41) is 6.04. The summed E-state index contributed by atoms with van der Waals surface area (Å²) in [6.07, 6.45) is 1.80. The normalized spacial score (nSPS) is 10.6. The first kappa shape index (κ1) is 14.5. The zero-order valence-corrected chi connectivity index (χ0v) is 13.2. The molecule has 0 atom stereocenters. The van der Waals surface area contributed by atoms with Crippen LogP contribution < -0.4 is 10.6 Å². The molecule has 22 heavy (non-hydrogen) atoms. The lowest BCUT2D eigenvalue weighted by molar-refractivity contribution is 0.252. The molecule has 2 heterocycles. The van der Waals surface area contributed by atoms with Gasteiger partial charge in [0.2, 0.25) is 0 Å². The van der Waals surface area contributed by atoms with Crippen LogP contribution in [0.4, 0.5) is 9.93 Å². The predicted molar refractivity (Wildman–Crippen MR) is 90.3 cm³/mol. The number of hydrogen-bond acceptors (Lipinski definition) is 4. The van der Waals surface area contributed by atoms with Gasteiger partial charge in [-0.05, 0) is 37.6 Å². The van der Waals surface area contributed by atoms with E-state index >= 15 is 0 Å². The number of nitrogens with one attached hydrogen (secondary N) is 2. The van der Waals surface area contributed by atoms with E-state index < -0.39 is 0 Å². The van der Waals surface area contributed by atoms with Crippen molar-refractivity contribution in [1.82, 2.24) is 15.3 Å². The van der Waals surface area contributed by atoms with E-state index in [1.165, 1.54) is 11.3 Å². The lowest BCUT2D eigenvalue weighted by atomic mass is 10.1. The number of thiazole rings is 1. The highest BCUT2D eigenvalue weighted by Gasteiger charge is 2.12. The van der Waals surface area contributed by atoms with E-state index in [9.17, 15) is 4.79 Å². The molecule has 0 saturated carbocycles. The second-order valence-corrected chi connectivity index (χ2v) is 5.87. The zero-order chi connectivity index (χ0) is 15.5. The van der Waals surface area contributed by atoms with Gasteiger partial charge in [-0.1, -0.05) is 23.5 Å². The van der Waals surface area contributed by atoms with Crippen LogP contribution in [0.3, 0.4) is 0 Å². The summed E-state index contributed by atoms with van der Waals surface area (Å²) in [7, 11) is 0. The Morgan fingerprint density at radius 1 is 1.32 bits per heavy atom. The average molecular weight is 312 g/mol. The molecule has 3 aromatic rings. The molecular weight excluding hydrogens is 296 g/mol. The summed E-state index contributed by atoms with van der Waals surface area (Å²) in [4.78, 5) is 20.5. The number of carbonyl (C=O) groups is 1. The van der Waals surface area contributed by atoms with Crippen LogP contribution in [0.1, 0.15) is 12.5 Å². The zero-order valence-electron chi connectivity index (χ0n) is 12.4. The van der Waals surface area contributed by atoms with Crippen LogP contribution in [-0.4, -0.2) is 22.5 Å². The van der Waals surface area contributed by atoms with Crippen LogP contribution in [0, 0.1) is 6.92 Å². The van der Waals surface area contributed by atoms with Gasteiger partial charge in [0.1, 0.15) is 0 Å². The molecule has 2 amide bonds. The maximum absolute atomic E-state index is 11.6. The SMILES string of the molecule is CCNC(=O)Nc1nc2cccc(-c3cc(C)ccn3)c2s1. The Morgan fingerprint density at radius 3 is 2.95 bits per heavy atom. The van der Waals surface area contributed by atoms with E-state index in [1.807, 2.05) is 44.2 Å². The standard InChI is InChI=1S/C16H16N4OS/c1-3-17-15(21)20-16-19-12-6-4-5-11(14(12)22-16)13-9-10(2)7-8-18-13/h4-9H,3H2,1-2H3,(H2,17,19,20,21). The first-order chi connectivity index (χ1) is 10.7. The first-order valence-electron chi connectivity index (χ1n) is 7.05. The summed E-state index contributed by atoms with van der Waals surface area (Å²) in [5.74, 6) is 0. The van der Waals surface area contributed by atoms with Gasteiger partial charge in [-0.15, -0.1) is 0 Å². The van der Waals surface area contributed by atoms with Gasteiger partial charge >= 0.3 is 6.03 Å². The topological polar surface area (TPSA) is 66.9 Å². The van der Waals surface area contributed by atoms with Gasteiger partial charge in [0.25, 0.3) is 0 Å². The van der Waals surface area contributed by atoms with E-state index in [2.05, 4.69) is 20.6 Å². The van der Waals surface area contributed by atoms with Crippen molar-refractivity contribution >= 4 is 32.7 Å². The number of urea groups is 1. The lowest BCUT2D eigenvalue weighted by Gasteiger charge is -2.02. The Hall–Kier alpha value is -2.47. The van der Waals surface area contributed by atoms with E-state index in [1.54, 1.807) is 6.20 Å². The smallest absolute Gasteiger partial charge is 0.321 e. The number of aromatic nitrogens is 2. The van der Waals surface area contributed by atoms with Crippen molar-refractivity contribution in [2.24, 2.45) is 0 Å². The number of rotatable bonds is 3. The number of fused-ring (bicyclic) bond motifs is 1. The van der Waals surface area contributed by atoms with Gasteiger partial charge in [-0.25, -0.2) is 9.78 Å². The highest BCUT2D eigenvalue weighted by atomic mass is 32.1. The molecule has 0 unspecified atom stereocenters. The Bertz CT molecular complexity index is 828. The minimum absolute atomic E-state index is 0.239. The molecule has 112 valence electrons. The monoisotopic (exact) mass is 312 g/mol. The van der Waals surface area contributed by atoms with Gasteiger partial charge in [0.05, 0.1) is 15.9 Å². The number of amides is 2. The minimum Gasteiger partial charge on any atom is -0.338 e. The maximum Gasteiger partial charge on any atom is 0.321 e. The quantitative estimate of drug-likeness (QED) is 0.773. The van der Waals surface area contributed by atoms with Gasteiger partial charge in [0, 0.05) is 18.3 Å². The molecule has 0 radical (unpaired) electrons. The third-order valence-corrected chi connectivity index (χ3v) is 4.18. The second-order valence-electron chi connectivity index (χ2n) is 4.88. The number of aryl methyl sites for hydroxylation is 1.